The number of hydrogen-bond donors (Lipinski definition) is 0. The molecule has 0 N–H and O–H groups in total. The third kappa shape index (κ3) is 2.67. The number of allylic oxidation sites excluding steroid dienone is 1. The Labute approximate surface area is 93.4 Å². The largest absolute Gasteiger partial charge is 0.382 e. The highest BCUT2D eigenvalue weighted by molar-refractivity contribution is 6.11. The number of nitrogens with zero attached hydrogens (tertiary/aromatic N) is 2. The number of benzene rings is 1. The molecule has 0 amide bonds. The molecule has 82 valence electrons. The minimum absolute atomic E-state index is 0.0860. The minimum atomic E-state index is -0.618. The van der Waals surface area contributed by atoms with Crippen molar-refractivity contribution in [2.75, 3.05) is 14.1 Å². The van der Waals surface area contributed by atoms with E-state index in [1.165, 1.54) is 24.4 Å². The van der Waals surface area contributed by atoms with Gasteiger partial charge in [0.25, 0.3) is 0 Å². The van der Waals surface area contributed by atoms with Crippen LogP contribution >= 0.6 is 0 Å². The van der Waals surface area contributed by atoms with Gasteiger partial charge < -0.3 is 4.90 Å². The van der Waals surface area contributed by atoms with Crippen molar-refractivity contribution in [3.63, 3.8) is 0 Å². The molecule has 0 aliphatic carbocycles. The summed E-state index contributed by atoms with van der Waals surface area (Å²) < 4.78 is 13.3. The quantitative estimate of drug-likeness (QED) is 0.442. The van der Waals surface area contributed by atoms with Crippen LogP contribution in [0.5, 0.6) is 0 Å². The Balaban J connectivity index is 3.12. The zero-order chi connectivity index (χ0) is 12.1. The molecule has 1 rings (SSSR count). The lowest BCUT2D eigenvalue weighted by atomic mass is 10.0. The third-order valence-corrected chi connectivity index (χ3v) is 1.87. The van der Waals surface area contributed by atoms with Gasteiger partial charge in [0.15, 0.2) is 0 Å². The van der Waals surface area contributed by atoms with Crippen LogP contribution in [0.2, 0.25) is 0 Å². The van der Waals surface area contributed by atoms with Crippen molar-refractivity contribution in [1.82, 2.24) is 4.90 Å². The highest BCUT2D eigenvalue weighted by atomic mass is 19.1. The lowest BCUT2D eigenvalue weighted by Gasteiger charge is -2.06. The summed E-state index contributed by atoms with van der Waals surface area (Å²) in [6, 6.07) is 7.36. The highest BCUT2D eigenvalue weighted by Gasteiger charge is 2.15. The van der Waals surface area contributed by atoms with Crippen LogP contribution in [-0.4, -0.2) is 24.8 Å². The maximum absolute atomic E-state index is 13.3. The Morgan fingerprint density at radius 1 is 1.44 bits per heavy atom. The molecule has 16 heavy (non-hydrogen) atoms. The summed E-state index contributed by atoms with van der Waals surface area (Å²) in [5.74, 6) is -1.22. The van der Waals surface area contributed by atoms with Gasteiger partial charge in [-0.15, -0.1) is 0 Å². The molecular weight excluding hydrogens is 207 g/mol. The maximum Gasteiger partial charge on any atom is 0.207 e. The van der Waals surface area contributed by atoms with Crippen LogP contribution in [0.4, 0.5) is 4.39 Å². The van der Waals surface area contributed by atoms with E-state index in [1.54, 1.807) is 31.1 Å². The summed E-state index contributed by atoms with van der Waals surface area (Å²) in [5, 5.41) is 8.81. The SMILES string of the molecule is CN(C)C=C(C#N)C(=O)c1ccccc1F. The smallest absolute Gasteiger partial charge is 0.207 e. The van der Waals surface area contributed by atoms with E-state index in [9.17, 15) is 9.18 Å². The van der Waals surface area contributed by atoms with Crippen LogP contribution in [0.1, 0.15) is 10.4 Å². The van der Waals surface area contributed by atoms with Crippen LogP contribution < -0.4 is 0 Å². The second-order valence-corrected chi connectivity index (χ2v) is 3.43. The van der Waals surface area contributed by atoms with Crippen molar-refractivity contribution >= 4 is 5.78 Å². The Hall–Kier alpha value is -2.15. The first kappa shape index (κ1) is 11.9. The van der Waals surface area contributed by atoms with E-state index in [4.69, 9.17) is 5.26 Å². The molecule has 0 bridgehead atoms. The second kappa shape index (κ2) is 5.08. The summed E-state index contributed by atoms with van der Waals surface area (Å²) >= 11 is 0. The fourth-order valence-corrected chi connectivity index (χ4v) is 1.19. The summed E-state index contributed by atoms with van der Waals surface area (Å²) in [5.41, 5.74) is -0.174. The molecule has 1 aromatic carbocycles. The number of carbonyl (C=O) groups is 1. The van der Waals surface area contributed by atoms with Crippen molar-refractivity contribution in [2.24, 2.45) is 0 Å². The predicted octanol–water partition coefficient (Wildman–Crippen LogP) is 1.98. The van der Waals surface area contributed by atoms with E-state index >= 15 is 0 Å². The summed E-state index contributed by atoms with van der Waals surface area (Å²) in [6.07, 6.45) is 1.37. The normalized spacial score (nSPS) is 10.8. The Kier molecular flexibility index (Phi) is 3.78. The van der Waals surface area contributed by atoms with Crippen LogP contribution in [0.3, 0.4) is 0 Å². The average Bonchev–Trinajstić information content (AvgIpc) is 2.25. The lowest BCUT2D eigenvalue weighted by Crippen LogP contribution is -2.10. The minimum Gasteiger partial charge on any atom is -0.382 e. The number of ketones is 1. The molecular formula is C12H11FN2O. The molecule has 0 fully saturated rings. The summed E-state index contributed by atoms with van der Waals surface area (Å²) in [6.45, 7) is 0. The van der Waals surface area contributed by atoms with Crippen molar-refractivity contribution < 1.29 is 9.18 Å². The molecule has 0 saturated heterocycles. The van der Waals surface area contributed by atoms with Crippen molar-refractivity contribution in [3.8, 4) is 6.07 Å². The van der Waals surface area contributed by atoms with Crippen LogP contribution in [0.15, 0.2) is 36.0 Å². The first-order chi connectivity index (χ1) is 7.56. The molecule has 0 atom stereocenters. The summed E-state index contributed by atoms with van der Waals surface area (Å²) in [4.78, 5) is 13.3. The van der Waals surface area contributed by atoms with Crippen molar-refractivity contribution in [2.45, 2.75) is 0 Å². The van der Waals surface area contributed by atoms with E-state index in [1.807, 2.05) is 0 Å². The monoisotopic (exact) mass is 218 g/mol. The topological polar surface area (TPSA) is 44.1 Å². The summed E-state index contributed by atoms with van der Waals surface area (Å²) in [7, 11) is 3.37. The molecule has 3 nitrogen and oxygen atoms in total. The fraction of sp³-hybridized carbons (Fsp3) is 0.167. The van der Waals surface area contributed by atoms with Gasteiger partial charge >= 0.3 is 0 Å². The third-order valence-electron chi connectivity index (χ3n) is 1.87. The van der Waals surface area contributed by atoms with Gasteiger partial charge in [-0.2, -0.15) is 5.26 Å². The molecule has 0 radical (unpaired) electrons. The molecule has 0 aliphatic rings. The van der Waals surface area contributed by atoms with E-state index in [-0.39, 0.29) is 11.1 Å². The number of hydrogen-bond acceptors (Lipinski definition) is 3. The first-order valence-electron chi connectivity index (χ1n) is 4.64. The number of Topliss-reactive ketones (excluding diaryl/α,β-unsaturated/α-hetero) is 1. The standard InChI is InChI=1S/C12H11FN2O/c1-15(2)8-9(7-14)12(16)10-5-3-4-6-11(10)13/h3-6,8H,1-2H3. The first-order valence-corrected chi connectivity index (χ1v) is 4.64. The van der Waals surface area contributed by atoms with Crippen molar-refractivity contribution in [3.05, 3.63) is 47.4 Å². The van der Waals surface area contributed by atoms with E-state index in [0.29, 0.717) is 0 Å². The zero-order valence-electron chi connectivity index (χ0n) is 9.07. The Morgan fingerprint density at radius 3 is 2.56 bits per heavy atom. The highest BCUT2D eigenvalue weighted by Crippen LogP contribution is 2.12. The van der Waals surface area contributed by atoms with Crippen molar-refractivity contribution in [1.29, 1.82) is 5.26 Å². The van der Waals surface area contributed by atoms with E-state index < -0.39 is 11.6 Å². The number of carbonyl (C=O) groups excluding carboxylic acids is 1. The van der Waals surface area contributed by atoms with Gasteiger partial charge in [-0.1, -0.05) is 12.1 Å². The van der Waals surface area contributed by atoms with Gasteiger partial charge in [-0.3, -0.25) is 4.79 Å². The molecule has 1 aromatic rings. The second-order valence-electron chi connectivity index (χ2n) is 3.43. The number of rotatable bonds is 3. The van der Waals surface area contributed by atoms with Crippen LogP contribution in [0, 0.1) is 17.1 Å². The average molecular weight is 218 g/mol. The van der Waals surface area contributed by atoms with Gasteiger partial charge in [0.1, 0.15) is 17.5 Å². The van der Waals surface area contributed by atoms with Crippen LogP contribution in [0.25, 0.3) is 0 Å². The van der Waals surface area contributed by atoms with Gasteiger partial charge in [0.2, 0.25) is 5.78 Å². The van der Waals surface area contributed by atoms with Gasteiger partial charge in [0.05, 0.1) is 5.56 Å². The van der Waals surface area contributed by atoms with Gasteiger partial charge in [0, 0.05) is 20.3 Å². The molecule has 0 aromatic heterocycles. The zero-order valence-corrected chi connectivity index (χ0v) is 9.07. The molecule has 0 aliphatic heterocycles. The van der Waals surface area contributed by atoms with Gasteiger partial charge in [-0.25, -0.2) is 4.39 Å². The predicted molar refractivity (Wildman–Crippen MR) is 58.1 cm³/mol. The van der Waals surface area contributed by atoms with E-state index in [0.717, 1.165) is 0 Å². The number of nitriles is 1. The molecule has 0 spiro atoms. The fourth-order valence-electron chi connectivity index (χ4n) is 1.19. The maximum atomic E-state index is 13.3. The molecule has 0 unspecified atom stereocenters. The Bertz CT molecular complexity index is 472. The number of halogens is 1. The Morgan fingerprint density at radius 2 is 2.06 bits per heavy atom. The van der Waals surface area contributed by atoms with E-state index in [2.05, 4.69) is 0 Å². The molecule has 0 saturated carbocycles. The molecule has 0 heterocycles. The lowest BCUT2D eigenvalue weighted by molar-refractivity contribution is 0.103. The van der Waals surface area contributed by atoms with Crippen LogP contribution in [-0.2, 0) is 0 Å². The molecule has 4 heteroatoms. The van der Waals surface area contributed by atoms with Gasteiger partial charge in [-0.05, 0) is 12.1 Å².